The molecule has 0 aliphatic carbocycles. The molecule has 2 rings (SSSR count). The first-order valence-electron chi connectivity index (χ1n) is 7.34. The summed E-state index contributed by atoms with van der Waals surface area (Å²) in [4.78, 5) is 17.8. The summed E-state index contributed by atoms with van der Waals surface area (Å²) in [6.45, 7) is 4.15. The average Bonchev–Trinajstić information content (AvgIpc) is 3.05. The highest BCUT2D eigenvalue weighted by atomic mass is 16.2. The van der Waals surface area contributed by atoms with Crippen molar-refractivity contribution in [2.24, 2.45) is 0 Å². The first-order chi connectivity index (χ1) is 10.1. The first-order valence-corrected chi connectivity index (χ1v) is 7.34. The molecule has 0 bridgehead atoms. The molecule has 0 fully saturated rings. The van der Waals surface area contributed by atoms with Gasteiger partial charge in [-0.1, -0.05) is 25.5 Å². The molecule has 112 valence electrons. The van der Waals surface area contributed by atoms with Gasteiger partial charge in [0.2, 0.25) is 5.91 Å². The van der Waals surface area contributed by atoms with E-state index in [1.807, 2.05) is 43.1 Å². The van der Waals surface area contributed by atoms with E-state index in [0.29, 0.717) is 6.42 Å². The minimum absolute atomic E-state index is 0.0687. The number of aromatic nitrogens is 3. The van der Waals surface area contributed by atoms with E-state index in [-0.39, 0.29) is 11.9 Å². The Hall–Kier alpha value is -2.17. The molecular formula is C16H22N4O. The molecule has 0 aliphatic rings. The Morgan fingerprint density at radius 1 is 1.33 bits per heavy atom. The van der Waals surface area contributed by atoms with Crippen LogP contribution in [0.4, 0.5) is 0 Å². The van der Waals surface area contributed by atoms with E-state index in [0.717, 1.165) is 24.1 Å². The molecule has 5 nitrogen and oxygen atoms in total. The van der Waals surface area contributed by atoms with Crippen molar-refractivity contribution in [2.75, 3.05) is 7.05 Å². The van der Waals surface area contributed by atoms with Crippen molar-refractivity contribution in [2.45, 2.75) is 39.2 Å². The van der Waals surface area contributed by atoms with Crippen LogP contribution in [-0.4, -0.2) is 32.6 Å². The monoisotopic (exact) mass is 286 g/mol. The first kappa shape index (κ1) is 15.2. The number of nitrogens with zero attached hydrogens (tertiary/aromatic N) is 4. The molecule has 0 saturated heterocycles. The van der Waals surface area contributed by atoms with Crippen LogP contribution in [0.1, 0.15) is 44.7 Å². The molecule has 1 heterocycles. The van der Waals surface area contributed by atoms with Gasteiger partial charge in [-0.2, -0.15) is 5.10 Å². The molecule has 0 spiro atoms. The molecule has 1 amide bonds. The molecule has 5 heteroatoms. The van der Waals surface area contributed by atoms with Crippen LogP contribution in [-0.2, 0) is 4.79 Å². The Morgan fingerprint density at radius 3 is 2.62 bits per heavy atom. The topological polar surface area (TPSA) is 51.0 Å². The molecule has 1 aromatic carbocycles. The van der Waals surface area contributed by atoms with Gasteiger partial charge in [-0.15, -0.1) is 0 Å². The normalized spacial score (nSPS) is 12.1. The minimum Gasteiger partial charge on any atom is -0.339 e. The molecular weight excluding hydrogens is 264 g/mol. The quantitative estimate of drug-likeness (QED) is 0.820. The fraction of sp³-hybridized carbons (Fsp3) is 0.438. The lowest BCUT2D eigenvalue weighted by atomic mass is 10.1. The molecule has 0 N–H and O–H groups in total. The SMILES string of the molecule is CCCCC(=O)N(C)C(C)c1ccc(-n2cncn2)cc1. The predicted molar refractivity (Wildman–Crippen MR) is 82.1 cm³/mol. The van der Waals surface area contributed by atoms with Gasteiger partial charge in [0.25, 0.3) is 0 Å². The second-order valence-electron chi connectivity index (χ2n) is 5.22. The number of hydrogen-bond acceptors (Lipinski definition) is 3. The summed E-state index contributed by atoms with van der Waals surface area (Å²) >= 11 is 0. The van der Waals surface area contributed by atoms with Crippen molar-refractivity contribution in [1.82, 2.24) is 19.7 Å². The van der Waals surface area contributed by atoms with Crippen molar-refractivity contribution >= 4 is 5.91 Å². The van der Waals surface area contributed by atoms with Gasteiger partial charge < -0.3 is 4.90 Å². The maximum atomic E-state index is 12.1. The van der Waals surface area contributed by atoms with Crippen LogP contribution in [0, 0.1) is 0 Å². The zero-order valence-corrected chi connectivity index (χ0v) is 12.9. The zero-order chi connectivity index (χ0) is 15.2. The minimum atomic E-state index is 0.0687. The van der Waals surface area contributed by atoms with Crippen molar-refractivity contribution in [3.8, 4) is 5.69 Å². The van der Waals surface area contributed by atoms with E-state index in [1.165, 1.54) is 6.33 Å². The number of amides is 1. The van der Waals surface area contributed by atoms with Crippen LogP contribution in [0.15, 0.2) is 36.9 Å². The Bertz CT molecular complexity index is 562. The third kappa shape index (κ3) is 3.68. The van der Waals surface area contributed by atoms with Gasteiger partial charge in [0.15, 0.2) is 0 Å². The van der Waals surface area contributed by atoms with E-state index in [9.17, 15) is 4.79 Å². The molecule has 2 aromatic rings. The number of carbonyl (C=O) groups excluding carboxylic acids is 1. The van der Waals surface area contributed by atoms with Crippen molar-refractivity contribution < 1.29 is 4.79 Å². The zero-order valence-electron chi connectivity index (χ0n) is 12.9. The van der Waals surface area contributed by atoms with E-state index < -0.39 is 0 Å². The number of carbonyl (C=O) groups is 1. The molecule has 0 radical (unpaired) electrons. The maximum Gasteiger partial charge on any atom is 0.222 e. The summed E-state index contributed by atoms with van der Waals surface area (Å²) in [7, 11) is 1.87. The number of unbranched alkanes of at least 4 members (excludes halogenated alkanes) is 1. The lowest BCUT2D eigenvalue weighted by molar-refractivity contribution is -0.131. The summed E-state index contributed by atoms with van der Waals surface area (Å²) in [6.07, 6.45) is 5.78. The van der Waals surface area contributed by atoms with Gasteiger partial charge in [-0.3, -0.25) is 4.79 Å². The summed E-state index contributed by atoms with van der Waals surface area (Å²) in [5.74, 6) is 0.199. The molecule has 0 saturated carbocycles. The Morgan fingerprint density at radius 2 is 2.05 bits per heavy atom. The average molecular weight is 286 g/mol. The standard InChI is InChI=1S/C16H22N4O/c1-4-5-6-16(21)19(3)13(2)14-7-9-15(10-8-14)20-12-17-11-18-20/h7-13H,4-6H2,1-3H3. The van der Waals surface area contributed by atoms with E-state index in [1.54, 1.807) is 11.0 Å². The third-order valence-electron chi connectivity index (χ3n) is 3.78. The Labute approximate surface area is 125 Å². The van der Waals surface area contributed by atoms with Crippen LogP contribution in [0.25, 0.3) is 5.69 Å². The van der Waals surface area contributed by atoms with Crippen LogP contribution >= 0.6 is 0 Å². The third-order valence-corrected chi connectivity index (χ3v) is 3.78. The molecule has 0 aliphatic heterocycles. The fourth-order valence-corrected chi connectivity index (χ4v) is 2.19. The number of rotatable bonds is 6. The smallest absolute Gasteiger partial charge is 0.222 e. The van der Waals surface area contributed by atoms with Gasteiger partial charge >= 0.3 is 0 Å². The van der Waals surface area contributed by atoms with Crippen molar-refractivity contribution in [3.05, 3.63) is 42.5 Å². The fourth-order valence-electron chi connectivity index (χ4n) is 2.19. The highest BCUT2D eigenvalue weighted by Crippen LogP contribution is 2.21. The van der Waals surface area contributed by atoms with Crippen LogP contribution < -0.4 is 0 Å². The van der Waals surface area contributed by atoms with E-state index in [4.69, 9.17) is 0 Å². The van der Waals surface area contributed by atoms with Gasteiger partial charge in [0.05, 0.1) is 11.7 Å². The summed E-state index contributed by atoms with van der Waals surface area (Å²) < 4.78 is 1.71. The predicted octanol–water partition coefficient (Wildman–Crippen LogP) is 2.98. The van der Waals surface area contributed by atoms with Gasteiger partial charge in [0.1, 0.15) is 12.7 Å². The van der Waals surface area contributed by atoms with Crippen LogP contribution in [0.5, 0.6) is 0 Å². The van der Waals surface area contributed by atoms with Crippen molar-refractivity contribution in [1.29, 1.82) is 0 Å². The highest BCUT2D eigenvalue weighted by Gasteiger charge is 2.16. The summed E-state index contributed by atoms with van der Waals surface area (Å²) in [5.41, 5.74) is 2.08. The molecule has 1 atom stereocenters. The molecule has 1 unspecified atom stereocenters. The molecule has 1 aromatic heterocycles. The van der Waals surface area contributed by atoms with E-state index >= 15 is 0 Å². The summed E-state index contributed by atoms with van der Waals surface area (Å²) in [5, 5.41) is 4.10. The molecule has 21 heavy (non-hydrogen) atoms. The van der Waals surface area contributed by atoms with Crippen LogP contribution in [0.2, 0.25) is 0 Å². The van der Waals surface area contributed by atoms with Gasteiger partial charge in [-0.25, -0.2) is 9.67 Å². The highest BCUT2D eigenvalue weighted by molar-refractivity contribution is 5.76. The second kappa shape index (κ2) is 7.02. The Kier molecular flexibility index (Phi) is 5.09. The second-order valence-corrected chi connectivity index (χ2v) is 5.22. The van der Waals surface area contributed by atoms with E-state index in [2.05, 4.69) is 17.0 Å². The largest absolute Gasteiger partial charge is 0.339 e. The van der Waals surface area contributed by atoms with Gasteiger partial charge in [-0.05, 0) is 31.0 Å². The number of hydrogen-bond donors (Lipinski definition) is 0. The lowest BCUT2D eigenvalue weighted by Crippen LogP contribution is -2.29. The maximum absolute atomic E-state index is 12.1. The Balaban J connectivity index is 2.05. The lowest BCUT2D eigenvalue weighted by Gasteiger charge is -2.25. The summed E-state index contributed by atoms with van der Waals surface area (Å²) in [6, 6.07) is 8.12. The van der Waals surface area contributed by atoms with Crippen molar-refractivity contribution in [3.63, 3.8) is 0 Å². The van der Waals surface area contributed by atoms with Crippen LogP contribution in [0.3, 0.4) is 0 Å². The number of benzene rings is 1. The van der Waals surface area contributed by atoms with Gasteiger partial charge in [0, 0.05) is 13.5 Å².